The van der Waals surface area contributed by atoms with Gasteiger partial charge in [-0.15, -0.1) is 0 Å². The summed E-state index contributed by atoms with van der Waals surface area (Å²) in [6.07, 6.45) is 0.560. The molecule has 0 aromatic carbocycles. The maximum atomic E-state index is 10.5. The number of nitrogens with one attached hydrogen (secondary N) is 3. The molecule has 0 spiro atoms. The molecule has 0 rings (SSSR count). The van der Waals surface area contributed by atoms with Crippen molar-refractivity contribution in [3.8, 4) is 0 Å². The third-order valence-corrected chi connectivity index (χ3v) is 6.61. The molecule has 0 aliphatic carbocycles. The SMILES string of the molecule is CC(C)(C)NC(C(O)C(C)(C)C)C(C)(C)C.CC(C)(C)NCC(O)C(C)(C)C.CCC(NC(C)(C)C)C(C)(C)C. The Morgan fingerprint density at radius 3 is 1.02 bits per heavy atom. The second-order valence-corrected chi connectivity index (χ2v) is 19.3. The van der Waals surface area contributed by atoms with Crippen molar-refractivity contribution in [1.29, 1.82) is 0 Å². The summed E-state index contributed by atoms with van der Waals surface area (Å²) in [6, 6.07) is 0.699. The largest absolute Gasteiger partial charge is 0.391 e. The molecule has 4 unspecified atom stereocenters. The smallest absolute Gasteiger partial charge is 0.0746 e. The number of aliphatic hydroxyl groups excluding tert-OH is 2. The van der Waals surface area contributed by atoms with Crippen molar-refractivity contribution in [3.05, 3.63) is 0 Å². The van der Waals surface area contributed by atoms with Crippen LogP contribution >= 0.6 is 0 Å². The monoisotopic (exact) mass is 574 g/mol. The first-order valence-electron chi connectivity index (χ1n) is 15.7. The minimum absolute atomic E-state index is 0.0180. The predicted molar refractivity (Wildman–Crippen MR) is 181 cm³/mol. The second-order valence-electron chi connectivity index (χ2n) is 19.3. The number of aliphatic hydroxyl groups is 2. The maximum Gasteiger partial charge on any atom is 0.0746 e. The van der Waals surface area contributed by atoms with Crippen LogP contribution in [0, 0.1) is 21.7 Å². The van der Waals surface area contributed by atoms with E-state index in [9.17, 15) is 10.2 Å². The molecular formula is C35H79N3O2. The van der Waals surface area contributed by atoms with E-state index in [1.165, 1.54) is 6.42 Å². The van der Waals surface area contributed by atoms with Crippen LogP contribution in [0.2, 0.25) is 0 Å². The topological polar surface area (TPSA) is 76.5 Å². The zero-order chi connectivity index (χ0) is 33.3. The first kappa shape index (κ1) is 44.2. The van der Waals surface area contributed by atoms with Crippen molar-refractivity contribution in [2.75, 3.05) is 6.54 Å². The molecule has 4 atom stereocenters. The fourth-order valence-electron chi connectivity index (χ4n) is 3.90. The van der Waals surface area contributed by atoms with Crippen molar-refractivity contribution in [2.24, 2.45) is 21.7 Å². The second kappa shape index (κ2) is 16.0. The fraction of sp³-hybridized carbons (Fsp3) is 1.00. The first-order chi connectivity index (χ1) is 17.0. The normalized spacial score (nSPS) is 17.1. The van der Waals surface area contributed by atoms with Crippen LogP contribution in [-0.4, -0.2) is 57.7 Å². The van der Waals surface area contributed by atoms with E-state index in [2.05, 4.69) is 148 Å². The molecule has 0 radical (unpaired) electrons. The third-order valence-electron chi connectivity index (χ3n) is 6.61. The summed E-state index contributed by atoms with van der Waals surface area (Å²) in [5.41, 5.74) is 0.612. The lowest BCUT2D eigenvalue weighted by Gasteiger charge is -2.44. The van der Waals surface area contributed by atoms with E-state index < -0.39 is 0 Å². The maximum absolute atomic E-state index is 10.5. The number of β-amino-alcohol motifs (C(OH)–C–C–N with tert-alkyl or cyclic N) is 1. The highest BCUT2D eigenvalue weighted by molar-refractivity contribution is 4.95. The van der Waals surface area contributed by atoms with Crippen molar-refractivity contribution in [2.45, 2.75) is 200 Å². The van der Waals surface area contributed by atoms with E-state index in [1.807, 2.05) is 20.8 Å². The van der Waals surface area contributed by atoms with Crippen LogP contribution < -0.4 is 16.0 Å². The van der Waals surface area contributed by atoms with Gasteiger partial charge in [0, 0.05) is 35.2 Å². The van der Waals surface area contributed by atoms with Crippen LogP contribution in [0.25, 0.3) is 0 Å². The van der Waals surface area contributed by atoms with Crippen molar-refractivity contribution < 1.29 is 10.2 Å². The van der Waals surface area contributed by atoms with Crippen LogP contribution in [0.4, 0.5) is 0 Å². The molecule has 0 aliphatic heterocycles. The van der Waals surface area contributed by atoms with Crippen LogP contribution in [0.5, 0.6) is 0 Å². The number of hydrogen-bond donors (Lipinski definition) is 5. The summed E-state index contributed by atoms with van der Waals surface area (Å²) in [7, 11) is 0. The van der Waals surface area contributed by atoms with Gasteiger partial charge in [0.2, 0.25) is 0 Å². The van der Waals surface area contributed by atoms with Crippen LogP contribution in [0.3, 0.4) is 0 Å². The Morgan fingerprint density at radius 2 is 0.850 bits per heavy atom. The van der Waals surface area contributed by atoms with Gasteiger partial charge in [0.1, 0.15) is 0 Å². The molecule has 0 heterocycles. The van der Waals surface area contributed by atoms with Crippen LogP contribution in [0.15, 0.2) is 0 Å². The zero-order valence-corrected chi connectivity index (χ0v) is 31.6. The summed E-state index contributed by atoms with van der Waals surface area (Å²) in [6.45, 7) is 48.1. The molecule has 0 amide bonds. The molecule has 0 saturated heterocycles. The highest BCUT2D eigenvalue weighted by atomic mass is 16.3. The Hall–Kier alpha value is -0.200. The lowest BCUT2D eigenvalue weighted by atomic mass is 9.73. The van der Waals surface area contributed by atoms with E-state index in [0.717, 1.165) is 0 Å². The Balaban J connectivity index is -0.000000522. The summed E-state index contributed by atoms with van der Waals surface area (Å²) < 4.78 is 0. The average Bonchev–Trinajstić information content (AvgIpc) is 2.63. The van der Waals surface area contributed by atoms with Gasteiger partial charge in [-0.05, 0) is 90.4 Å². The lowest BCUT2D eigenvalue weighted by molar-refractivity contribution is -0.0159. The highest BCUT2D eigenvalue weighted by Crippen LogP contribution is 2.32. The molecule has 5 nitrogen and oxygen atoms in total. The minimum atomic E-state index is -0.355. The standard InChI is InChI=1S/C14H31NO.C11H25N.C10H23NO/c1-12(2,3)10(15-14(7,8)9)11(16)13(4,5)6;1-8-9(10(2,3)4)12-11(5,6)7;1-9(2,3)8(12)7-11-10(4,5)6/h10-11,15-16H,1-9H3;9,12H,8H2,1-7H3;8,11-12H,7H2,1-6H3. The van der Waals surface area contributed by atoms with Gasteiger partial charge >= 0.3 is 0 Å². The molecule has 5 N–H and O–H groups in total. The van der Waals surface area contributed by atoms with Gasteiger partial charge in [-0.2, -0.15) is 0 Å². The van der Waals surface area contributed by atoms with E-state index >= 15 is 0 Å². The summed E-state index contributed by atoms with van der Waals surface area (Å²) >= 11 is 0. The van der Waals surface area contributed by atoms with Crippen molar-refractivity contribution in [3.63, 3.8) is 0 Å². The van der Waals surface area contributed by atoms with Crippen LogP contribution in [0.1, 0.15) is 159 Å². The lowest BCUT2D eigenvalue weighted by Crippen LogP contribution is -2.58. The van der Waals surface area contributed by atoms with Crippen molar-refractivity contribution >= 4 is 0 Å². The van der Waals surface area contributed by atoms with Gasteiger partial charge in [-0.25, -0.2) is 0 Å². The fourth-order valence-corrected chi connectivity index (χ4v) is 3.90. The zero-order valence-electron chi connectivity index (χ0n) is 31.6. The molecule has 0 aromatic rings. The van der Waals surface area contributed by atoms with E-state index in [0.29, 0.717) is 18.0 Å². The molecule has 5 heteroatoms. The summed E-state index contributed by atoms with van der Waals surface area (Å²) in [5, 5.41) is 30.6. The first-order valence-corrected chi connectivity index (χ1v) is 15.7. The Kier molecular flexibility index (Phi) is 17.7. The number of rotatable bonds is 6. The van der Waals surface area contributed by atoms with E-state index in [-0.39, 0.29) is 51.1 Å². The molecule has 0 fully saturated rings. The van der Waals surface area contributed by atoms with Gasteiger partial charge < -0.3 is 26.2 Å². The van der Waals surface area contributed by atoms with Crippen molar-refractivity contribution in [1.82, 2.24) is 16.0 Å². The average molecular weight is 574 g/mol. The molecule has 40 heavy (non-hydrogen) atoms. The Morgan fingerprint density at radius 1 is 0.475 bits per heavy atom. The van der Waals surface area contributed by atoms with Gasteiger partial charge in [0.15, 0.2) is 0 Å². The molecule has 0 aliphatic rings. The summed E-state index contributed by atoms with van der Waals surface area (Å²) in [4.78, 5) is 0. The minimum Gasteiger partial charge on any atom is -0.391 e. The van der Waals surface area contributed by atoms with Gasteiger partial charge in [-0.1, -0.05) is 90.0 Å². The molecule has 0 saturated carbocycles. The van der Waals surface area contributed by atoms with Crippen LogP contribution in [-0.2, 0) is 0 Å². The molecule has 0 aromatic heterocycles. The molecule has 0 bridgehead atoms. The van der Waals surface area contributed by atoms with E-state index in [1.54, 1.807) is 0 Å². The Labute approximate surface area is 253 Å². The van der Waals surface area contributed by atoms with Gasteiger partial charge in [0.25, 0.3) is 0 Å². The highest BCUT2D eigenvalue weighted by Gasteiger charge is 2.39. The summed E-state index contributed by atoms with van der Waals surface area (Å²) in [5.74, 6) is 0. The number of hydrogen-bond acceptors (Lipinski definition) is 5. The predicted octanol–water partition coefficient (Wildman–Crippen LogP) is 8.18. The van der Waals surface area contributed by atoms with E-state index in [4.69, 9.17) is 0 Å². The molecule has 246 valence electrons. The quantitative estimate of drug-likeness (QED) is 0.221. The third kappa shape index (κ3) is 24.4. The molecular weight excluding hydrogens is 494 g/mol. The van der Waals surface area contributed by atoms with Gasteiger partial charge in [-0.3, -0.25) is 0 Å². The van der Waals surface area contributed by atoms with Gasteiger partial charge in [0.05, 0.1) is 12.2 Å². The Bertz CT molecular complexity index is 654.